The maximum absolute atomic E-state index is 12.7. The quantitative estimate of drug-likeness (QED) is 0.445. The number of halogens is 1. The second kappa shape index (κ2) is 6.10. The molecule has 1 atom stereocenters. The third-order valence-corrected chi connectivity index (χ3v) is 4.20. The van der Waals surface area contributed by atoms with E-state index in [1.54, 1.807) is 31.2 Å². The molecule has 128 valence electrons. The Bertz CT molecular complexity index is 862. The first-order valence-corrected chi connectivity index (χ1v) is 7.68. The van der Waals surface area contributed by atoms with E-state index in [0.717, 1.165) is 0 Å². The highest BCUT2D eigenvalue weighted by atomic mass is 35.5. The van der Waals surface area contributed by atoms with Gasteiger partial charge in [-0.25, -0.2) is 4.79 Å². The van der Waals surface area contributed by atoms with Gasteiger partial charge in [-0.2, -0.15) is 5.10 Å². The number of phenols is 2. The number of benzene rings is 2. The van der Waals surface area contributed by atoms with Crippen LogP contribution in [0.25, 0.3) is 0 Å². The minimum atomic E-state index is -1.22. The van der Waals surface area contributed by atoms with E-state index in [0.29, 0.717) is 16.1 Å². The molecule has 1 aliphatic rings. The van der Waals surface area contributed by atoms with Gasteiger partial charge in [0.2, 0.25) is 0 Å². The Labute approximate surface area is 148 Å². The number of amides is 3. The summed E-state index contributed by atoms with van der Waals surface area (Å²) >= 11 is 5.77. The monoisotopic (exact) mass is 359 g/mol. The minimum Gasteiger partial charge on any atom is -0.504 e. The molecule has 0 bridgehead atoms. The Morgan fingerprint density at radius 2 is 1.88 bits per heavy atom. The van der Waals surface area contributed by atoms with Crippen LogP contribution in [-0.4, -0.2) is 33.4 Å². The molecule has 0 radical (unpaired) electrons. The van der Waals surface area contributed by atoms with Crippen molar-refractivity contribution in [3.05, 3.63) is 58.6 Å². The van der Waals surface area contributed by atoms with Gasteiger partial charge in [0.1, 0.15) is 5.54 Å². The van der Waals surface area contributed by atoms with E-state index in [1.807, 2.05) is 6.07 Å². The van der Waals surface area contributed by atoms with Crippen molar-refractivity contribution in [3.63, 3.8) is 0 Å². The molecule has 1 aliphatic heterocycles. The molecule has 1 saturated heterocycles. The molecule has 0 unspecified atom stereocenters. The van der Waals surface area contributed by atoms with E-state index in [-0.39, 0.29) is 5.02 Å². The van der Waals surface area contributed by atoms with E-state index in [9.17, 15) is 19.8 Å². The van der Waals surface area contributed by atoms with Crippen LogP contribution in [0.5, 0.6) is 11.5 Å². The summed E-state index contributed by atoms with van der Waals surface area (Å²) in [6.07, 6.45) is 1.19. The Balaban J connectivity index is 1.89. The predicted molar refractivity (Wildman–Crippen MR) is 91.5 cm³/mol. The van der Waals surface area contributed by atoms with Crippen LogP contribution in [0.1, 0.15) is 18.1 Å². The molecular formula is C17H14ClN3O4. The summed E-state index contributed by atoms with van der Waals surface area (Å²) in [5, 5.41) is 26.1. The standard InChI is InChI=1S/C17H14ClN3O4/c1-17(11-5-3-2-4-6-11)15(24)21(16(25)20-17)19-9-10-7-12(18)14(23)13(22)8-10/h2-9,22-23H,1H3,(H,20,25)/b19-9+/t17-/m1/s1. The van der Waals surface area contributed by atoms with Gasteiger partial charge in [0.15, 0.2) is 11.5 Å². The summed E-state index contributed by atoms with van der Waals surface area (Å²) in [6.45, 7) is 1.60. The van der Waals surface area contributed by atoms with Crippen molar-refractivity contribution in [1.82, 2.24) is 10.3 Å². The summed E-state index contributed by atoms with van der Waals surface area (Å²) in [6, 6.07) is 10.7. The predicted octanol–water partition coefficient (Wildman–Crippen LogP) is 2.55. The normalized spacial score (nSPS) is 20.3. The van der Waals surface area contributed by atoms with E-state index < -0.39 is 29.0 Å². The van der Waals surface area contributed by atoms with Gasteiger partial charge in [-0.1, -0.05) is 41.9 Å². The Kier molecular flexibility index (Phi) is 4.10. The lowest BCUT2D eigenvalue weighted by molar-refractivity contribution is -0.131. The Morgan fingerprint density at radius 3 is 2.52 bits per heavy atom. The van der Waals surface area contributed by atoms with E-state index in [1.165, 1.54) is 18.3 Å². The summed E-state index contributed by atoms with van der Waals surface area (Å²) < 4.78 is 0. The van der Waals surface area contributed by atoms with Gasteiger partial charge in [0.05, 0.1) is 11.2 Å². The first-order chi connectivity index (χ1) is 11.8. The zero-order valence-corrected chi connectivity index (χ0v) is 13.9. The molecule has 3 N–H and O–H groups in total. The van der Waals surface area contributed by atoms with Crippen molar-refractivity contribution in [2.45, 2.75) is 12.5 Å². The lowest BCUT2D eigenvalue weighted by Crippen LogP contribution is -2.40. The molecule has 3 amide bonds. The number of phenolic OH excluding ortho intramolecular Hbond substituents is 2. The average molecular weight is 360 g/mol. The topological polar surface area (TPSA) is 102 Å². The fraction of sp³-hybridized carbons (Fsp3) is 0.118. The first-order valence-electron chi connectivity index (χ1n) is 7.30. The highest BCUT2D eigenvalue weighted by Gasteiger charge is 2.49. The van der Waals surface area contributed by atoms with Gasteiger partial charge >= 0.3 is 6.03 Å². The van der Waals surface area contributed by atoms with Gasteiger partial charge in [0, 0.05) is 0 Å². The molecule has 8 heteroatoms. The third-order valence-electron chi connectivity index (χ3n) is 3.91. The number of rotatable bonds is 3. The van der Waals surface area contributed by atoms with Gasteiger partial charge in [-0.15, -0.1) is 5.01 Å². The van der Waals surface area contributed by atoms with Crippen molar-refractivity contribution in [1.29, 1.82) is 0 Å². The SMILES string of the molecule is C[C@]1(c2ccccc2)NC(=O)N(/N=C/c2cc(O)c(O)c(Cl)c2)C1=O. The van der Waals surface area contributed by atoms with E-state index in [2.05, 4.69) is 10.4 Å². The first kappa shape index (κ1) is 16.8. The number of urea groups is 1. The molecular weight excluding hydrogens is 346 g/mol. The summed E-state index contributed by atoms with van der Waals surface area (Å²) in [7, 11) is 0. The maximum atomic E-state index is 12.7. The molecule has 1 fully saturated rings. The molecule has 1 heterocycles. The fourth-order valence-corrected chi connectivity index (χ4v) is 2.72. The van der Waals surface area contributed by atoms with Gasteiger partial charge in [-0.3, -0.25) is 4.79 Å². The zero-order valence-electron chi connectivity index (χ0n) is 13.1. The van der Waals surface area contributed by atoms with Crippen LogP contribution in [0.2, 0.25) is 5.02 Å². The summed E-state index contributed by atoms with van der Waals surface area (Å²) in [5.74, 6) is -1.42. The number of nitrogens with zero attached hydrogens (tertiary/aromatic N) is 2. The van der Waals surface area contributed by atoms with Crippen LogP contribution in [0.15, 0.2) is 47.6 Å². The highest BCUT2D eigenvalue weighted by molar-refractivity contribution is 6.32. The van der Waals surface area contributed by atoms with Crippen LogP contribution >= 0.6 is 11.6 Å². The molecule has 0 aromatic heterocycles. The maximum Gasteiger partial charge on any atom is 0.346 e. The average Bonchev–Trinajstić information content (AvgIpc) is 2.81. The number of nitrogens with one attached hydrogen (secondary N) is 1. The fourth-order valence-electron chi connectivity index (χ4n) is 2.50. The largest absolute Gasteiger partial charge is 0.504 e. The molecule has 0 saturated carbocycles. The van der Waals surface area contributed by atoms with Crippen LogP contribution in [0, 0.1) is 0 Å². The van der Waals surface area contributed by atoms with Crippen LogP contribution < -0.4 is 5.32 Å². The lowest BCUT2D eigenvalue weighted by atomic mass is 9.92. The lowest BCUT2D eigenvalue weighted by Gasteiger charge is -2.20. The number of hydrazone groups is 1. The van der Waals surface area contributed by atoms with Crippen LogP contribution in [0.3, 0.4) is 0 Å². The van der Waals surface area contributed by atoms with Crippen molar-refractivity contribution in [3.8, 4) is 11.5 Å². The number of imide groups is 1. The molecule has 2 aromatic rings. The number of aromatic hydroxyl groups is 2. The van der Waals surface area contributed by atoms with Crippen LogP contribution in [-0.2, 0) is 10.3 Å². The number of carbonyl (C=O) groups excluding carboxylic acids is 2. The van der Waals surface area contributed by atoms with Gasteiger partial charge in [0.25, 0.3) is 5.91 Å². The Hall–Kier alpha value is -3.06. The van der Waals surface area contributed by atoms with Crippen molar-refractivity contribution < 1.29 is 19.8 Å². The van der Waals surface area contributed by atoms with Gasteiger partial charge in [-0.05, 0) is 30.2 Å². The number of hydrogen-bond donors (Lipinski definition) is 3. The molecule has 7 nitrogen and oxygen atoms in total. The number of carbonyl (C=O) groups is 2. The molecule has 0 spiro atoms. The molecule has 25 heavy (non-hydrogen) atoms. The molecule has 0 aliphatic carbocycles. The van der Waals surface area contributed by atoms with Crippen molar-refractivity contribution >= 4 is 29.8 Å². The van der Waals surface area contributed by atoms with E-state index >= 15 is 0 Å². The van der Waals surface area contributed by atoms with Crippen LogP contribution in [0.4, 0.5) is 4.79 Å². The van der Waals surface area contributed by atoms with E-state index in [4.69, 9.17) is 11.6 Å². The minimum absolute atomic E-state index is 0.0761. The van der Waals surface area contributed by atoms with Crippen molar-refractivity contribution in [2.24, 2.45) is 5.10 Å². The van der Waals surface area contributed by atoms with Gasteiger partial charge < -0.3 is 15.5 Å². The van der Waals surface area contributed by atoms with Crippen molar-refractivity contribution in [2.75, 3.05) is 0 Å². The highest BCUT2D eigenvalue weighted by Crippen LogP contribution is 2.34. The summed E-state index contributed by atoms with van der Waals surface area (Å²) in [5.41, 5.74) is -0.268. The molecule has 3 rings (SSSR count). The molecule has 2 aromatic carbocycles. The second-order valence-electron chi connectivity index (χ2n) is 5.65. The second-order valence-corrected chi connectivity index (χ2v) is 6.06. The number of hydrogen-bond acceptors (Lipinski definition) is 5. The Morgan fingerprint density at radius 1 is 1.20 bits per heavy atom. The summed E-state index contributed by atoms with van der Waals surface area (Å²) in [4.78, 5) is 24.8. The zero-order chi connectivity index (χ0) is 18.2. The smallest absolute Gasteiger partial charge is 0.346 e. The third kappa shape index (κ3) is 2.89.